The molecule has 0 unspecified atom stereocenters. The third-order valence-corrected chi connectivity index (χ3v) is 4.87. The molecule has 1 N–H and O–H groups in total. The number of hydrogen-bond donors (Lipinski definition) is 1. The van der Waals surface area contributed by atoms with Crippen LogP contribution in [0.5, 0.6) is 11.5 Å². The van der Waals surface area contributed by atoms with Crippen molar-refractivity contribution in [3.63, 3.8) is 0 Å². The first-order chi connectivity index (χ1) is 10.8. The Morgan fingerprint density at radius 3 is 2.35 bits per heavy atom. The molecule has 7 nitrogen and oxygen atoms in total. The molecule has 0 atom stereocenters. The van der Waals surface area contributed by atoms with Crippen LogP contribution in [-0.4, -0.2) is 32.4 Å². The molecule has 126 valence electrons. The fraction of sp³-hybridized carbons (Fsp3) is 0.400. The van der Waals surface area contributed by atoms with E-state index in [1.807, 2.05) is 13.8 Å². The highest BCUT2D eigenvalue weighted by atomic mass is 32.2. The number of rotatable bonds is 6. The van der Waals surface area contributed by atoms with Gasteiger partial charge < -0.3 is 9.47 Å². The average molecular weight is 339 g/mol. The predicted molar refractivity (Wildman–Crippen MR) is 87.7 cm³/mol. The highest BCUT2D eigenvalue weighted by Crippen LogP contribution is 2.33. The predicted octanol–water partition coefficient (Wildman–Crippen LogP) is 2.59. The second-order valence-electron chi connectivity index (χ2n) is 5.33. The Morgan fingerprint density at radius 2 is 1.78 bits per heavy atom. The smallest absolute Gasteiger partial charge is 0.263 e. The molecule has 0 amide bonds. The van der Waals surface area contributed by atoms with E-state index < -0.39 is 10.0 Å². The van der Waals surface area contributed by atoms with E-state index in [1.165, 1.54) is 20.3 Å². The molecule has 2 aromatic rings. The molecule has 23 heavy (non-hydrogen) atoms. The highest BCUT2D eigenvalue weighted by Gasteiger charge is 2.22. The summed E-state index contributed by atoms with van der Waals surface area (Å²) in [4.78, 5) is 0.131. The van der Waals surface area contributed by atoms with Crippen LogP contribution in [0.25, 0.3) is 0 Å². The Kier molecular flexibility index (Phi) is 4.84. The van der Waals surface area contributed by atoms with Crippen LogP contribution in [0, 0.1) is 6.92 Å². The molecule has 8 heteroatoms. The summed E-state index contributed by atoms with van der Waals surface area (Å²) in [7, 11) is -0.806. The summed E-state index contributed by atoms with van der Waals surface area (Å²) in [5, 5.41) is 4.12. The SMILES string of the molecule is COc1cc(C)c(S(=O)(=O)Nc2ccnn2C(C)C)cc1OC. The van der Waals surface area contributed by atoms with Crippen LogP contribution in [-0.2, 0) is 10.0 Å². The topological polar surface area (TPSA) is 82.5 Å². The van der Waals surface area contributed by atoms with Crippen molar-refractivity contribution in [2.45, 2.75) is 31.7 Å². The first-order valence-electron chi connectivity index (χ1n) is 7.09. The number of ether oxygens (including phenoxy) is 2. The maximum atomic E-state index is 12.7. The van der Waals surface area contributed by atoms with Crippen LogP contribution < -0.4 is 14.2 Å². The summed E-state index contributed by atoms with van der Waals surface area (Å²) in [6.07, 6.45) is 1.55. The number of aryl methyl sites for hydroxylation is 1. The summed E-state index contributed by atoms with van der Waals surface area (Å²) in [6, 6.07) is 4.74. The molecule has 0 bridgehead atoms. The zero-order chi connectivity index (χ0) is 17.2. The molecule has 0 spiro atoms. The minimum absolute atomic E-state index is 0.0363. The van der Waals surface area contributed by atoms with Crippen LogP contribution >= 0.6 is 0 Å². The molecule has 0 saturated carbocycles. The van der Waals surface area contributed by atoms with E-state index in [9.17, 15) is 8.42 Å². The zero-order valence-corrected chi connectivity index (χ0v) is 14.6. The number of hydrogen-bond acceptors (Lipinski definition) is 5. The molecule has 0 aliphatic heterocycles. The third-order valence-electron chi connectivity index (χ3n) is 3.37. The van der Waals surface area contributed by atoms with E-state index in [0.29, 0.717) is 22.9 Å². The molecule has 0 aliphatic rings. The number of benzene rings is 1. The van der Waals surface area contributed by atoms with Crippen LogP contribution in [0.2, 0.25) is 0 Å². The maximum Gasteiger partial charge on any atom is 0.263 e. The van der Waals surface area contributed by atoms with Crippen LogP contribution in [0.1, 0.15) is 25.5 Å². The zero-order valence-electron chi connectivity index (χ0n) is 13.8. The van der Waals surface area contributed by atoms with E-state index in [-0.39, 0.29) is 10.9 Å². The lowest BCUT2D eigenvalue weighted by Crippen LogP contribution is -2.18. The minimum Gasteiger partial charge on any atom is -0.493 e. The lowest BCUT2D eigenvalue weighted by atomic mass is 10.2. The van der Waals surface area contributed by atoms with E-state index in [0.717, 1.165) is 0 Å². The van der Waals surface area contributed by atoms with Gasteiger partial charge in [0, 0.05) is 18.2 Å². The molecule has 0 fully saturated rings. The summed E-state index contributed by atoms with van der Waals surface area (Å²) in [5.74, 6) is 1.25. The molecule has 0 aliphatic carbocycles. The molecule has 1 aromatic heterocycles. The Morgan fingerprint density at radius 1 is 1.17 bits per heavy atom. The Bertz CT molecular complexity index is 797. The van der Waals surface area contributed by atoms with E-state index in [2.05, 4.69) is 9.82 Å². The van der Waals surface area contributed by atoms with Gasteiger partial charge in [-0.3, -0.25) is 4.72 Å². The quantitative estimate of drug-likeness (QED) is 0.875. The van der Waals surface area contributed by atoms with Crippen molar-refractivity contribution in [1.29, 1.82) is 0 Å². The van der Waals surface area contributed by atoms with Gasteiger partial charge in [0.1, 0.15) is 5.82 Å². The Balaban J connectivity index is 2.46. The van der Waals surface area contributed by atoms with Crippen molar-refractivity contribution < 1.29 is 17.9 Å². The first-order valence-corrected chi connectivity index (χ1v) is 8.57. The Hall–Kier alpha value is -2.22. The monoisotopic (exact) mass is 339 g/mol. The van der Waals surface area contributed by atoms with E-state index in [1.54, 1.807) is 29.9 Å². The summed E-state index contributed by atoms with van der Waals surface area (Å²) in [5.41, 5.74) is 0.561. The van der Waals surface area contributed by atoms with Gasteiger partial charge >= 0.3 is 0 Å². The second kappa shape index (κ2) is 6.49. The van der Waals surface area contributed by atoms with Crippen molar-refractivity contribution >= 4 is 15.8 Å². The molecule has 0 radical (unpaired) electrons. The normalized spacial score (nSPS) is 11.6. The van der Waals surface area contributed by atoms with Crippen LogP contribution in [0.15, 0.2) is 29.3 Å². The fourth-order valence-electron chi connectivity index (χ4n) is 2.25. The van der Waals surface area contributed by atoms with Gasteiger partial charge in [-0.25, -0.2) is 13.1 Å². The molecule has 1 aromatic carbocycles. The van der Waals surface area contributed by atoms with E-state index >= 15 is 0 Å². The second-order valence-corrected chi connectivity index (χ2v) is 6.98. The fourth-order valence-corrected chi connectivity index (χ4v) is 3.54. The van der Waals surface area contributed by atoms with Gasteiger partial charge in [0.25, 0.3) is 10.0 Å². The number of methoxy groups -OCH3 is 2. The maximum absolute atomic E-state index is 12.7. The van der Waals surface area contributed by atoms with Gasteiger partial charge in [0.05, 0.1) is 25.3 Å². The number of aromatic nitrogens is 2. The number of sulfonamides is 1. The highest BCUT2D eigenvalue weighted by molar-refractivity contribution is 7.92. The van der Waals surface area contributed by atoms with Gasteiger partial charge in [-0.1, -0.05) is 0 Å². The molecular weight excluding hydrogens is 318 g/mol. The molecular formula is C15H21N3O4S. The summed E-state index contributed by atoms with van der Waals surface area (Å²) in [6.45, 7) is 5.55. The molecule has 0 saturated heterocycles. The number of nitrogens with one attached hydrogen (secondary N) is 1. The Labute approximate surface area is 136 Å². The van der Waals surface area contributed by atoms with Gasteiger partial charge in [-0.2, -0.15) is 5.10 Å². The average Bonchev–Trinajstić information content (AvgIpc) is 2.94. The van der Waals surface area contributed by atoms with Crippen molar-refractivity contribution in [3.8, 4) is 11.5 Å². The van der Waals surface area contributed by atoms with Gasteiger partial charge in [-0.15, -0.1) is 0 Å². The lowest BCUT2D eigenvalue weighted by molar-refractivity contribution is 0.353. The van der Waals surface area contributed by atoms with Crippen LogP contribution in [0.3, 0.4) is 0 Å². The number of anilines is 1. The minimum atomic E-state index is -3.77. The summed E-state index contributed by atoms with van der Waals surface area (Å²) < 4.78 is 40.0. The first kappa shape index (κ1) is 17.1. The third kappa shape index (κ3) is 3.42. The number of nitrogens with zero attached hydrogens (tertiary/aromatic N) is 2. The summed E-state index contributed by atoms with van der Waals surface area (Å²) >= 11 is 0. The van der Waals surface area contributed by atoms with Crippen LogP contribution in [0.4, 0.5) is 5.82 Å². The lowest BCUT2D eigenvalue weighted by Gasteiger charge is -2.16. The van der Waals surface area contributed by atoms with Crippen molar-refractivity contribution in [1.82, 2.24) is 9.78 Å². The largest absolute Gasteiger partial charge is 0.493 e. The molecule has 2 rings (SSSR count). The van der Waals surface area contributed by atoms with Crippen molar-refractivity contribution in [2.75, 3.05) is 18.9 Å². The van der Waals surface area contributed by atoms with Gasteiger partial charge in [0.15, 0.2) is 11.5 Å². The van der Waals surface area contributed by atoms with Gasteiger partial charge in [0.2, 0.25) is 0 Å². The standard InChI is InChI=1S/C15H21N3O4S/c1-10(2)18-15(6-7-16-18)17-23(19,20)14-9-13(22-5)12(21-4)8-11(14)3/h6-10,17H,1-5H3. The van der Waals surface area contributed by atoms with E-state index in [4.69, 9.17) is 9.47 Å². The van der Waals surface area contributed by atoms with Crippen molar-refractivity contribution in [3.05, 3.63) is 30.0 Å². The van der Waals surface area contributed by atoms with Crippen molar-refractivity contribution in [2.24, 2.45) is 0 Å². The van der Waals surface area contributed by atoms with Gasteiger partial charge in [-0.05, 0) is 32.4 Å². The molecule has 1 heterocycles.